The summed E-state index contributed by atoms with van der Waals surface area (Å²) in [5.41, 5.74) is 1.69. The summed E-state index contributed by atoms with van der Waals surface area (Å²) in [6.45, 7) is 2.06. The molecule has 3 atom stereocenters. The van der Waals surface area contributed by atoms with Gasteiger partial charge in [0.25, 0.3) is 5.91 Å². The van der Waals surface area contributed by atoms with E-state index in [1.165, 1.54) is 14.8 Å². The fraction of sp³-hybridized carbons (Fsp3) is 0.400. The van der Waals surface area contributed by atoms with Gasteiger partial charge in [0.15, 0.2) is 6.29 Å². The van der Waals surface area contributed by atoms with Crippen molar-refractivity contribution >= 4 is 29.7 Å². The topological polar surface area (TPSA) is 109 Å². The van der Waals surface area contributed by atoms with Gasteiger partial charge < -0.3 is 10.0 Å². The number of rotatable bonds is 5. The van der Waals surface area contributed by atoms with Crippen molar-refractivity contribution in [3.05, 3.63) is 42.0 Å². The molecule has 0 bridgehead atoms. The molecular weight excluding hydrogens is 388 g/mol. The number of amides is 3. The summed E-state index contributed by atoms with van der Waals surface area (Å²) in [5, 5.41) is 18.1. The minimum atomic E-state index is -1.02. The summed E-state index contributed by atoms with van der Waals surface area (Å²) in [4.78, 5) is 42.0. The number of fused-ring (bicyclic) bond motifs is 3. The Morgan fingerprint density at radius 3 is 2.73 bits per heavy atom. The van der Waals surface area contributed by atoms with Crippen molar-refractivity contribution in [3.8, 4) is 0 Å². The van der Waals surface area contributed by atoms with E-state index < -0.39 is 30.5 Å². The molecule has 3 aliphatic rings. The maximum Gasteiger partial charge on any atom is 0.328 e. The van der Waals surface area contributed by atoms with Crippen molar-refractivity contribution in [2.75, 3.05) is 26.7 Å². The molecule has 2 N–H and O–H groups in total. The van der Waals surface area contributed by atoms with E-state index in [0.29, 0.717) is 12.3 Å². The molecule has 0 spiro atoms. The SMILES string of the molecule is CC1=NN(CC(=O)O)C2NC3C(C(=O)N(C/C=C/c4ccccc4)C(=O)N3C)N2C1. The summed E-state index contributed by atoms with van der Waals surface area (Å²) in [6, 6.07) is 8.63. The molecule has 3 unspecified atom stereocenters. The molecule has 2 fully saturated rings. The van der Waals surface area contributed by atoms with Crippen molar-refractivity contribution in [1.82, 2.24) is 25.0 Å². The molecule has 10 nitrogen and oxygen atoms in total. The molecule has 0 aromatic heterocycles. The van der Waals surface area contributed by atoms with E-state index in [-0.39, 0.29) is 19.0 Å². The second-order valence-electron chi connectivity index (χ2n) is 7.58. The number of nitrogens with zero attached hydrogens (tertiary/aromatic N) is 5. The highest BCUT2D eigenvalue weighted by atomic mass is 16.4. The Balaban J connectivity index is 1.55. The molecule has 3 amide bonds. The normalized spacial score (nSPS) is 26.8. The van der Waals surface area contributed by atoms with Crippen molar-refractivity contribution in [2.24, 2.45) is 5.10 Å². The fourth-order valence-electron chi connectivity index (χ4n) is 4.14. The number of aliphatic carboxylic acids is 1. The van der Waals surface area contributed by atoms with Crippen molar-refractivity contribution in [2.45, 2.75) is 25.4 Å². The number of hydrogen-bond acceptors (Lipinski definition) is 7. The van der Waals surface area contributed by atoms with Crippen LogP contribution in [0.5, 0.6) is 0 Å². The first kappa shape index (κ1) is 20.0. The maximum atomic E-state index is 13.3. The molecule has 1 aromatic carbocycles. The minimum Gasteiger partial charge on any atom is -0.480 e. The lowest BCUT2D eigenvalue weighted by molar-refractivity contribution is -0.141. The van der Waals surface area contributed by atoms with E-state index in [4.69, 9.17) is 0 Å². The highest BCUT2D eigenvalue weighted by Crippen LogP contribution is 2.30. The van der Waals surface area contributed by atoms with Crippen LogP contribution in [0.4, 0.5) is 4.79 Å². The van der Waals surface area contributed by atoms with Crippen LogP contribution in [0.2, 0.25) is 0 Å². The van der Waals surface area contributed by atoms with E-state index in [9.17, 15) is 19.5 Å². The minimum absolute atomic E-state index is 0.157. The molecular formula is C20H24N6O4. The van der Waals surface area contributed by atoms with Crippen molar-refractivity contribution in [1.29, 1.82) is 0 Å². The number of hydrogen-bond donors (Lipinski definition) is 2. The van der Waals surface area contributed by atoms with E-state index in [1.54, 1.807) is 20.0 Å². The number of carboxylic acid groups (broad SMARTS) is 1. The zero-order chi connectivity index (χ0) is 21.4. The summed E-state index contributed by atoms with van der Waals surface area (Å²) < 4.78 is 0. The Kier molecular flexibility index (Phi) is 5.27. The van der Waals surface area contributed by atoms with Crippen LogP contribution in [0.15, 0.2) is 41.5 Å². The van der Waals surface area contributed by atoms with Gasteiger partial charge in [0.1, 0.15) is 18.8 Å². The van der Waals surface area contributed by atoms with E-state index in [1.807, 2.05) is 41.3 Å². The molecule has 30 heavy (non-hydrogen) atoms. The molecule has 1 aromatic rings. The van der Waals surface area contributed by atoms with E-state index in [0.717, 1.165) is 5.56 Å². The number of benzene rings is 1. The molecule has 158 valence electrons. The summed E-state index contributed by atoms with van der Waals surface area (Å²) >= 11 is 0. The van der Waals surface area contributed by atoms with Gasteiger partial charge in [-0.1, -0.05) is 42.5 Å². The molecule has 2 saturated heterocycles. The van der Waals surface area contributed by atoms with Gasteiger partial charge in [-0.2, -0.15) is 5.10 Å². The van der Waals surface area contributed by atoms with E-state index >= 15 is 0 Å². The molecule has 0 radical (unpaired) electrons. The zero-order valence-electron chi connectivity index (χ0n) is 16.8. The third-order valence-electron chi connectivity index (χ3n) is 5.45. The van der Waals surface area contributed by atoms with Gasteiger partial charge in [-0.05, 0) is 12.5 Å². The first-order chi connectivity index (χ1) is 14.4. The van der Waals surface area contributed by atoms with Crippen LogP contribution in [0.1, 0.15) is 12.5 Å². The number of hydrazone groups is 1. The van der Waals surface area contributed by atoms with Crippen LogP contribution < -0.4 is 5.32 Å². The van der Waals surface area contributed by atoms with Crippen LogP contribution in [0.3, 0.4) is 0 Å². The standard InChI is InChI=1S/C20H24N6O4/c1-13-11-25-16-17(21-19(25)26(22-13)12-15(27)28)23(2)20(30)24(18(16)29)10-6-9-14-7-4-3-5-8-14/h3-9,16-17,19,21H,10-12H2,1-2H3,(H,27,28)/b9-6+. The number of carbonyl (C=O) groups excluding carboxylic acids is 2. The van der Waals surface area contributed by atoms with Gasteiger partial charge in [0.2, 0.25) is 0 Å². The number of nitrogens with one attached hydrogen (secondary N) is 1. The largest absolute Gasteiger partial charge is 0.480 e. The highest BCUT2D eigenvalue weighted by Gasteiger charge is 2.56. The van der Waals surface area contributed by atoms with Crippen LogP contribution in [0, 0.1) is 0 Å². The highest BCUT2D eigenvalue weighted by molar-refractivity contribution is 6.01. The number of carbonyl (C=O) groups is 3. The number of likely N-dealkylation sites (N-methyl/N-ethyl adjacent to an activating group) is 1. The average Bonchev–Trinajstić information content (AvgIpc) is 3.09. The molecule has 0 aliphatic carbocycles. The first-order valence-electron chi connectivity index (χ1n) is 9.71. The predicted octanol–water partition coefficient (Wildman–Crippen LogP) is 0.253. The maximum absolute atomic E-state index is 13.3. The third kappa shape index (κ3) is 3.55. The number of urea groups is 1. The van der Waals surface area contributed by atoms with Gasteiger partial charge in [-0.3, -0.25) is 24.8 Å². The third-order valence-corrected chi connectivity index (χ3v) is 5.45. The molecule has 3 aliphatic heterocycles. The Hall–Kier alpha value is -3.24. The lowest BCUT2D eigenvalue weighted by Gasteiger charge is -2.42. The van der Waals surface area contributed by atoms with Crippen LogP contribution in [0.25, 0.3) is 6.08 Å². The van der Waals surface area contributed by atoms with Gasteiger partial charge in [0, 0.05) is 25.8 Å². The van der Waals surface area contributed by atoms with Crippen molar-refractivity contribution < 1.29 is 19.5 Å². The lowest BCUT2D eigenvalue weighted by Crippen LogP contribution is -2.66. The lowest BCUT2D eigenvalue weighted by atomic mass is 10.1. The van der Waals surface area contributed by atoms with E-state index in [2.05, 4.69) is 10.4 Å². The summed E-state index contributed by atoms with van der Waals surface area (Å²) in [5.74, 6) is -1.32. The van der Waals surface area contributed by atoms with Crippen LogP contribution in [-0.2, 0) is 9.59 Å². The van der Waals surface area contributed by atoms with Gasteiger partial charge in [-0.15, -0.1) is 0 Å². The Labute approximate surface area is 174 Å². The Morgan fingerprint density at radius 1 is 1.30 bits per heavy atom. The second-order valence-corrected chi connectivity index (χ2v) is 7.58. The van der Waals surface area contributed by atoms with Gasteiger partial charge >= 0.3 is 12.0 Å². The Bertz CT molecular complexity index is 917. The fourth-order valence-corrected chi connectivity index (χ4v) is 4.14. The van der Waals surface area contributed by atoms with Crippen LogP contribution in [-0.4, -0.2) is 93.6 Å². The smallest absolute Gasteiger partial charge is 0.328 e. The zero-order valence-corrected chi connectivity index (χ0v) is 16.8. The van der Waals surface area contributed by atoms with Gasteiger partial charge in [-0.25, -0.2) is 9.69 Å². The summed E-state index contributed by atoms with van der Waals surface area (Å²) in [6.07, 6.45) is 2.54. The summed E-state index contributed by atoms with van der Waals surface area (Å²) in [7, 11) is 1.64. The molecule has 3 heterocycles. The first-order valence-corrected chi connectivity index (χ1v) is 9.71. The molecule has 0 saturated carbocycles. The monoisotopic (exact) mass is 412 g/mol. The molecule has 10 heteroatoms. The second kappa shape index (κ2) is 7.88. The van der Waals surface area contributed by atoms with Gasteiger partial charge in [0.05, 0.1) is 0 Å². The Morgan fingerprint density at radius 2 is 2.03 bits per heavy atom. The average molecular weight is 412 g/mol. The van der Waals surface area contributed by atoms with Crippen molar-refractivity contribution in [3.63, 3.8) is 0 Å². The predicted molar refractivity (Wildman–Crippen MR) is 109 cm³/mol. The number of imide groups is 1. The number of carboxylic acids is 1. The quantitative estimate of drug-likeness (QED) is 0.714. The molecule has 4 rings (SSSR count). The van der Waals surface area contributed by atoms with Crippen LogP contribution >= 0.6 is 0 Å².